The van der Waals surface area contributed by atoms with E-state index in [1.807, 2.05) is 0 Å². The fourth-order valence-electron chi connectivity index (χ4n) is 1.94. The largest absolute Gasteiger partial charge is 0.481 e. The van der Waals surface area contributed by atoms with Gasteiger partial charge in [0.1, 0.15) is 12.1 Å². The highest BCUT2D eigenvalue weighted by Crippen LogP contribution is 2.01. The highest BCUT2D eigenvalue weighted by molar-refractivity contribution is 7.81. The fraction of sp³-hybridized carbons (Fsp3) is 0.600. The second kappa shape index (κ2) is 13.5. The van der Waals surface area contributed by atoms with Gasteiger partial charge >= 0.3 is 11.9 Å². The summed E-state index contributed by atoms with van der Waals surface area (Å²) in [5, 5.41) is 33.1. The molecule has 0 aliphatic rings. The summed E-state index contributed by atoms with van der Waals surface area (Å²) in [6.45, 7) is -0.867. The van der Waals surface area contributed by atoms with E-state index in [9.17, 15) is 33.9 Å². The van der Waals surface area contributed by atoms with Crippen LogP contribution in [0.4, 0.5) is 0 Å². The second-order valence-corrected chi connectivity index (χ2v) is 5.88. The Balaban J connectivity index is 4.98. The first-order valence-electron chi connectivity index (χ1n) is 8.07. The van der Waals surface area contributed by atoms with Gasteiger partial charge in [0, 0.05) is 12.8 Å². The van der Waals surface area contributed by atoms with Crippen LogP contribution in [0.1, 0.15) is 25.7 Å². The van der Waals surface area contributed by atoms with E-state index in [0.29, 0.717) is 0 Å². The zero-order valence-electron chi connectivity index (χ0n) is 14.7. The smallest absolute Gasteiger partial charge is 0.303 e. The Morgan fingerprint density at radius 2 is 1.39 bits per heavy atom. The number of aliphatic hydroxyl groups excluding tert-OH is 1. The van der Waals surface area contributed by atoms with Crippen molar-refractivity contribution in [2.45, 2.75) is 43.8 Å². The summed E-state index contributed by atoms with van der Waals surface area (Å²) in [6.07, 6.45) is 0.0658. The van der Waals surface area contributed by atoms with Gasteiger partial charge in [-0.05, 0) is 12.8 Å². The summed E-state index contributed by atoms with van der Waals surface area (Å²) in [4.78, 5) is 67.8. The molecule has 157 valence electrons. The van der Waals surface area contributed by atoms with E-state index in [-0.39, 0.29) is 18.6 Å². The lowest BCUT2D eigenvalue weighted by Gasteiger charge is -2.22. The number of carboxylic acid groups (broad SMARTS) is 2. The Kier molecular flexibility index (Phi) is 12.2. The van der Waals surface area contributed by atoms with E-state index >= 15 is 0 Å². The van der Waals surface area contributed by atoms with Crippen molar-refractivity contribution in [2.24, 2.45) is 0 Å². The Bertz CT molecular complexity index is 599. The minimum Gasteiger partial charge on any atom is -0.481 e. The third-order valence-corrected chi connectivity index (χ3v) is 3.65. The van der Waals surface area contributed by atoms with Gasteiger partial charge in [0.15, 0.2) is 0 Å². The van der Waals surface area contributed by atoms with Gasteiger partial charge in [0.2, 0.25) is 24.0 Å². The van der Waals surface area contributed by atoms with E-state index in [4.69, 9.17) is 10.2 Å². The molecule has 0 aromatic carbocycles. The van der Waals surface area contributed by atoms with Crippen LogP contribution in [0.3, 0.4) is 0 Å². The van der Waals surface area contributed by atoms with Crippen LogP contribution in [0, 0.1) is 0 Å². The van der Waals surface area contributed by atoms with Crippen molar-refractivity contribution < 1.29 is 44.1 Å². The number of carbonyl (C=O) groups is 5. The van der Waals surface area contributed by atoms with Gasteiger partial charge in [-0.1, -0.05) is 0 Å². The van der Waals surface area contributed by atoms with Gasteiger partial charge in [-0.15, -0.1) is 0 Å². The van der Waals surface area contributed by atoms with Gasteiger partial charge in [-0.25, -0.2) is 0 Å². The third kappa shape index (κ3) is 10.5. The molecular formula is C15H22N3O9S. The Morgan fingerprint density at radius 1 is 0.857 bits per heavy atom. The summed E-state index contributed by atoms with van der Waals surface area (Å²) in [5.74, 6) is -5.22. The quantitative estimate of drug-likeness (QED) is 0.145. The molecule has 12 nitrogen and oxygen atoms in total. The molecular weight excluding hydrogens is 398 g/mol. The maximum atomic E-state index is 12.3. The predicted molar refractivity (Wildman–Crippen MR) is 96.2 cm³/mol. The molecule has 0 aliphatic carbocycles. The number of carbonyl (C=O) groups excluding carboxylic acids is 4. The maximum Gasteiger partial charge on any atom is 0.303 e. The van der Waals surface area contributed by atoms with Crippen LogP contribution in [0.2, 0.25) is 0 Å². The van der Waals surface area contributed by atoms with E-state index in [2.05, 4.69) is 28.6 Å². The molecule has 0 unspecified atom stereocenters. The molecule has 3 atom stereocenters. The lowest BCUT2D eigenvalue weighted by atomic mass is 10.1. The van der Waals surface area contributed by atoms with Crippen LogP contribution in [0.25, 0.3) is 0 Å². The Morgan fingerprint density at radius 3 is 1.86 bits per heavy atom. The molecule has 0 bridgehead atoms. The van der Waals surface area contributed by atoms with Crippen molar-refractivity contribution in [2.75, 3.05) is 12.4 Å². The minimum absolute atomic E-state index is 0.240. The predicted octanol–water partition coefficient (Wildman–Crippen LogP) is -2.80. The molecule has 3 amide bonds. The molecule has 1 radical (unpaired) electrons. The topological polar surface area (TPSA) is 199 Å². The van der Waals surface area contributed by atoms with Crippen molar-refractivity contribution in [1.82, 2.24) is 16.0 Å². The molecule has 28 heavy (non-hydrogen) atoms. The number of aliphatic hydroxyl groups is 1. The monoisotopic (exact) mass is 420 g/mol. The highest BCUT2D eigenvalue weighted by atomic mass is 32.1. The molecule has 0 rings (SSSR count). The van der Waals surface area contributed by atoms with E-state index in [1.54, 1.807) is 0 Å². The third-order valence-electron chi connectivity index (χ3n) is 3.36. The number of hydrogen-bond donors (Lipinski definition) is 7. The maximum absolute atomic E-state index is 12.3. The summed E-state index contributed by atoms with van der Waals surface area (Å²) in [6, 6.07) is -4.08. The standard InChI is InChI=1S/C15H22N3O9S/c19-5-8(1-3-12(22)23)16-15(27)10(6-20)18-14(26)9(2-4-13(24)25)17-11(21)7-28/h8-10,20,28H,1-4,6-7H2,(H,16,27)(H,17,21)(H,18,26)(H,22,23)(H,24,25)/t8-,9-,10-/m0/s1. The zero-order chi connectivity index (χ0) is 21.7. The van der Waals surface area contributed by atoms with Crippen molar-refractivity contribution in [3.63, 3.8) is 0 Å². The average molecular weight is 420 g/mol. The highest BCUT2D eigenvalue weighted by Gasteiger charge is 2.28. The van der Waals surface area contributed by atoms with Gasteiger partial charge in [-0.2, -0.15) is 12.6 Å². The van der Waals surface area contributed by atoms with Crippen LogP contribution in [-0.4, -0.2) is 81.8 Å². The molecule has 0 aromatic heterocycles. The van der Waals surface area contributed by atoms with Crippen LogP contribution in [-0.2, 0) is 28.8 Å². The molecule has 0 saturated carbocycles. The Hall–Kier alpha value is -2.67. The molecule has 0 fully saturated rings. The lowest BCUT2D eigenvalue weighted by Crippen LogP contribution is -2.56. The first-order valence-corrected chi connectivity index (χ1v) is 8.70. The Labute approximate surface area is 165 Å². The molecule has 6 N–H and O–H groups in total. The van der Waals surface area contributed by atoms with Crippen molar-refractivity contribution >= 4 is 48.6 Å². The van der Waals surface area contributed by atoms with Crippen molar-refractivity contribution in [3.8, 4) is 0 Å². The first kappa shape index (κ1) is 25.3. The molecule has 0 spiro atoms. The lowest BCUT2D eigenvalue weighted by molar-refractivity contribution is -0.138. The van der Waals surface area contributed by atoms with Crippen molar-refractivity contribution in [3.05, 3.63) is 0 Å². The number of aliphatic carboxylic acids is 2. The minimum atomic E-state index is -1.52. The van der Waals surface area contributed by atoms with Gasteiger partial charge in [0.25, 0.3) is 0 Å². The second-order valence-electron chi connectivity index (χ2n) is 5.57. The van der Waals surface area contributed by atoms with Crippen LogP contribution < -0.4 is 16.0 Å². The normalized spacial score (nSPS) is 13.5. The van der Waals surface area contributed by atoms with Gasteiger partial charge < -0.3 is 31.3 Å². The molecule has 0 aromatic rings. The van der Waals surface area contributed by atoms with E-state index < -0.39 is 67.2 Å². The van der Waals surface area contributed by atoms with Gasteiger partial charge in [0.05, 0.1) is 18.4 Å². The fourth-order valence-corrected chi connectivity index (χ4v) is 2.03. The molecule has 0 aliphatic heterocycles. The number of nitrogens with one attached hydrogen (secondary N) is 3. The van der Waals surface area contributed by atoms with Crippen LogP contribution in [0.15, 0.2) is 0 Å². The number of amides is 3. The van der Waals surface area contributed by atoms with E-state index in [1.165, 1.54) is 6.29 Å². The summed E-state index contributed by atoms with van der Waals surface area (Å²) in [5.41, 5.74) is 0. The number of carboxylic acids is 2. The summed E-state index contributed by atoms with van der Waals surface area (Å²) in [7, 11) is 0. The van der Waals surface area contributed by atoms with Crippen LogP contribution >= 0.6 is 12.6 Å². The number of hydrogen-bond acceptors (Lipinski definition) is 8. The zero-order valence-corrected chi connectivity index (χ0v) is 15.6. The molecule has 0 heterocycles. The van der Waals surface area contributed by atoms with Crippen molar-refractivity contribution in [1.29, 1.82) is 0 Å². The van der Waals surface area contributed by atoms with E-state index in [0.717, 1.165) is 0 Å². The first-order chi connectivity index (χ1) is 13.1. The average Bonchev–Trinajstić information content (AvgIpc) is 2.65. The number of thiol groups is 1. The SMILES string of the molecule is O=[C][C@H](CCC(=O)O)NC(=O)[C@H](CO)NC(=O)[C@H](CCC(=O)O)NC(=O)CS. The molecule has 13 heteroatoms. The molecule has 0 saturated heterocycles. The summed E-state index contributed by atoms with van der Waals surface area (Å²) >= 11 is 3.73. The number of rotatable bonds is 14. The van der Waals surface area contributed by atoms with Gasteiger partial charge in [-0.3, -0.25) is 28.8 Å². The van der Waals surface area contributed by atoms with Crippen LogP contribution in [0.5, 0.6) is 0 Å². The summed E-state index contributed by atoms with van der Waals surface area (Å²) < 4.78 is 0.